The molecule has 0 fully saturated rings. The van der Waals surface area contributed by atoms with Crippen molar-refractivity contribution in [2.24, 2.45) is 0 Å². The van der Waals surface area contributed by atoms with Crippen molar-refractivity contribution in [1.29, 1.82) is 0 Å². The van der Waals surface area contributed by atoms with Gasteiger partial charge in [-0.2, -0.15) is 11.8 Å². The second-order valence-corrected chi connectivity index (χ2v) is 4.79. The van der Waals surface area contributed by atoms with Gasteiger partial charge < -0.3 is 11.1 Å². The number of thioether (sulfide) groups is 1. The predicted octanol–water partition coefficient (Wildman–Crippen LogP) is 2.74. The van der Waals surface area contributed by atoms with Crippen LogP contribution >= 0.6 is 11.8 Å². The lowest BCUT2D eigenvalue weighted by Gasteiger charge is -2.13. The summed E-state index contributed by atoms with van der Waals surface area (Å²) in [5, 5.41) is 3.97. The average molecular weight is 210 g/mol. The third-order valence-corrected chi connectivity index (χ3v) is 3.16. The first-order chi connectivity index (χ1) is 6.63. The summed E-state index contributed by atoms with van der Waals surface area (Å²) in [5.41, 5.74) is 8.95. The van der Waals surface area contributed by atoms with E-state index in [1.165, 1.54) is 5.56 Å². The Bertz CT molecular complexity index is 299. The van der Waals surface area contributed by atoms with Gasteiger partial charge in [-0.3, -0.25) is 0 Å². The van der Waals surface area contributed by atoms with Gasteiger partial charge >= 0.3 is 0 Å². The molecular formula is C11H18N2S. The second-order valence-electron chi connectivity index (χ2n) is 3.52. The molecule has 0 radical (unpaired) electrons. The molecular weight excluding hydrogens is 192 g/mol. The Kier molecular flexibility index (Phi) is 4.14. The highest BCUT2D eigenvalue weighted by atomic mass is 32.2. The first-order valence-electron chi connectivity index (χ1n) is 4.76. The summed E-state index contributed by atoms with van der Waals surface area (Å²) >= 11 is 1.85. The highest BCUT2D eigenvalue weighted by Crippen LogP contribution is 2.20. The molecule has 2 nitrogen and oxygen atoms in total. The van der Waals surface area contributed by atoms with Crippen molar-refractivity contribution < 1.29 is 0 Å². The van der Waals surface area contributed by atoms with E-state index in [9.17, 15) is 0 Å². The molecule has 0 aromatic heterocycles. The molecule has 0 spiro atoms. The van der Waals surface area contributed by atoms with E-state index in [2.05, 4.69) is 31.5 Å². The molecule has 0 saturated heterocycles. The van der Waals surface area contributed by atoms with Gasteiger partial charge in [0.25, 0.3) is 0 Å². The molecule has 1 unspecified atom stereocenters. The number of rotatable bonds is 4. The van der Waals surface area contributed by atoms with E-state index < -0.39 is 0 Å². The zero-order chi connectivity index (χ0) is 10.6. The van der Waals surface area contributed by atoms with Crippen molar-refractivity contribution in [3.05, 3.63) is 23.8 Å². The number of hydrogen-bond donors (Lipinski definition) is 2. The SMILES string of the molecule is CSC(C)CNc1cc(C)ccc1N. The van der Waals surface area contributed by atoms with Crippen LogP contribution < -0.4 is 11.1 Å². The molecule has 0 heterocycles. The fraction of sp³-hybridized carbons (Fsp3) is 0.455. The van der Waals surface area contributed by atoms with E-state index in [1.807, 2.05) is 23.9 Å². The van der Waals surface area contributed by atoms with Crippen LogP contribution in [0.3, 0.4) is 0 Å². The standard InChI is InChI=1S/C11H18N2S/c1-8-4-5-10(12)11(6-8)13-7-9(2)14-3/h4-6,9,13H,7,12H2,1-3H3. The van der Waals surface area contributed by atoms with Crippen LogP contribution in [-0.4, -0.2) is 18.1 Å². The number of anilines is 2. The molecule has 0 amide bonds. The van der Waals surface area contributed by atoms with Gasteiger partial charge in [0, 0.05) is 11.8 Å². The summed E-state index contributed by atoms with van der Waals surface area (Å²) in [5.74, 6) is 0. The Morgan fingerprint density at radius 3 is 2.86 bits per heavy atom. The largest absolute Gasteiger partial charge is 0.397 e. The number of nitrogens with one attached hydrogen (secondary N) is 1. The van der Waals surface area contributed by atoms with Crippen molar-refractivity contribution in [3.8, 4) is 0 Å². The van der Waals surface area contributed by atoms with E-state index in [0.717, 1.165) is 17.9 Å². The monoisotopic (exact) mass is 210 g/mol. The normalized spacial score (nSPS) is 12.5. The Morgan fingerprint density at radius 1 is 1.50 bits per heavy atom. The highest BCUT2D eigenvalue weighted by molar-refractivity contribution is 7.99. The molecule has 0 aliphatic heterocycles. The van der Waals surface area contributed by atoms with Crippen LogP contribution in [0.25, 0.3) is 0 Å². The molecule has 0 saturated carbocycles. The van der Waals surface area contributed by atoms with Crippen LogP contribution in [-0.2, 0) is 0 Å². The smallest absolute Gasteiger partial charge is 0.0576 e. The predicted molar refractivity (Wildman–Crippen MR) is 67.1 cm³/mol. The van der Waals surface area contributed by atoms with Crippen LogP contribution in [0.1, 0.15) is 12.5 Å². The fourth-order valence-electron chi connectivity index (χ4n) is 1.16. The third kappa shape index (κ3) is 3.14. The molecule has 3 N–H and O–H groups in total. The van der Waals surface area contributed by atoms with Gasteiger partial charge in [0.05, 0.1) is 11.4 Å². The molecule has 1 aromatic rings. The number of nitrogens with two attached hydrogens (primary N) is 1. The summed E-state index contributed by atoms with van der Waals surface area (Å²) in [7, 11) is 0. The van der Waals surface area contributed by atoms with Gasteiger partial charge in [-0.15, -0.1) is 0 Å². The zero-order valence-electron chi connectivity index (χ0n) is 9.00. The average Bonchev–Trinajstić information content (AvgIpc) is 2.19. The number of nitrogen functional groups attached to an aromatic ring is 1. The minimum absolute atomic E-state index is 0.606. The lowest BCUT2D eigenvalue weighted by Crippen LogP contribution is -2.13. The van der Waals surface area contributed by atoms with E-state index in [0.29, 0.717) is 5.25 Å². The van der Waals surface area contributed by atoms with Gasteiger partial charge in [0.1, 0.15) is 0 Å². The Hall–Kier alpha value is -0.830. The van der Waals surface area contributed by atoms with Crippen LogP contribution in [0.2, 0.25) is 0 Å². The molecule has 0 aliphatic carbocycles. The summed E-state index contributed by atoms with van der Waals surface area (Å²) in [6, 6.07) is 6.06. The van der Waals surface area contributed by atoms with Crippen molar-refractivity contribution in [1.82, 2.24) is 0 Å². The van der Waals surface area contributed by atoms with E-state index in [1.54, 1.807) is 0 Å². The molecule has 14 heavy (non-hydrogen) atoms. The first kappa shape index (κ1) is 11.2. The van der Waals surface area contributed by atoms with Gasteiger partial charge in [0.2, 0.25) is 0 Å². The van der Waals surface area contributed by atoms with Gasteiger partial charge in [0.15, 0.2) is 0 Å². The maximum absolute atomic E-state index is 5.85. The number of benzene rings is 1. The molecule has 3 heteroatoms. The Morgan fingerprint density at radius 2 is 2.21 bits per heavy atom. The van der Waals surface area contributed by atoms with Crippen LogP contribution in [0.4, 0.5) is 11.4 Å². The Balaban J connectivity index is 2.62. The highest BCUT2D eigenvalue weighted by Gasteiger charge is 2.01. The topological polar surface area (TPSA) is 38.0 Å². The first-order valence-corrected chi connectivity index (χ1v) is 6.05. The van der Waals surface area contributed by atoms with Crippen LogP contribution in [0, 0.1) is 6.92 Å². The summed E-state index contributed by atoms with van der Waals surface area (Å²) < 4.78 is 0. The minimum atomic E-state index is 0.606. The lowest BCUT2D eigenvalue weighted by molar-refractivity contribution is 1.00. The summed E-state index contributed by atoms with van der Waals surface area (Å²) in [6.45, 7) is 5.22. The van der Waals surface area contributed by atoms with Crippen molar-refractivity contribution in [2.75, 3.05) is 23.9 Å². The number of aryl methyl sites for hydroxylation is 1. The van der Waals surface area contributed by atoms with E-state index >= 15 is 0 Å². The molecule has 0 aliphatic rings. The second kappa shape index (κ2) is 5.15. The van der Waals surface area contributed by atoms with Crippen LogP contribution in [0.15, 0.2) is 18.2 Å². The van der Waals surface area contributed by atoms with Crippen molar-refractivity contribution >= 4 is 23.1 Å². The Labute approximate surface area is 90.3 Å². The molecule has 78 valence electrons. The lowest BCUT2D eigenvalue weighted by atomic mass is 10.2. The quantitative estimate of drug-likeness (QED) is 0.750. The van der Waals surface area contributed by atoms with E-state index in [4.69, 9.17) is 5.73 Å². The van der Waals surface area contributed by atoms with Gasteiger partial charge in [-0.25, -0.2) is 0 Å². The van der Waals surface area contributed by atoms with Crippen molar-refractivity contribution in [2.45, 2.75) is 19.1 Å². The number of hydrogen-bond acceptors (Lipinski definition) is 3. The maximum atomic E-state index is 5.85. The molecule has 1 rings (SSSR count). The molecule has 1 atom stereocenters. The zero-order valence-corrected chi connectivity index (χ0v) is 9.82. The molecule has 1 aromatic carbocycles. The van der Waals surface area contributed by atoms with Gasteiger partial charge in [-0.1, -0.05) is 13.0 Å². The maximum Gasteiger partial charge on any atom is 0.0576 e. The van der Waals surface area contributed by atoms with E-state index in [-0.39, 0.29) is 0 Å². The third-order valence-electron chi connectivity index (χ3n) is 2.19. The minimum Gasteiger partial charge on any atom is -0.397 e. The summed E-state index contributed by atoms with van der Waals surface area (Å²) in [6.07, 6.45) is 2.12. The van der Waals surface area contributed by atoms with Crippen LogP contribution in [0.5, 0.6) is 0 Å². The van der Waals surface area contributed by atoms with Gasteiger partial charge in [-0.05, 0) is 30.9 Å². The molecule has 0 bridgehead atoms. The fourth-order valence-corrected chi connectivity index (χ4v) is 1.41. The van der Waals surface area contributed by atoms with Crippen molar-refractivity contribution in [3.63, 3.8) is 0 Å². The summed E-state index contributed by atoms with van der Waals surface area (Å²) in [4.78, 5) is 0.